The van der Waals surface area contributed by atoms with Gasteiger partial charge in [0.15, 0.2) is 0 Å². The third kappa shape index (κ3) is 5.57. The fourth-order valence-electron chi connectivity index (χ4n) is 2.80. The minimum atomic E-state index is -3.41. The van der Waals surface area contributed by atoms with E-state index < -0.39 is 10.0 Å². The number of benzene rings is 1. The van der Waals surface area contributed by atoms with Crippen molar-refractivity contribution in [3.63, 3.8) is 0 Å². The molecule has 124 valence electrons. The van der Waals surface area contributed by atoms with Gasteiger partial charge in [0.2, 0.25) is 10.0 Å². The first-order chi connectivity index (χ1) is 10.6. The summed E-state index contributed by atoms with van der Waals surface area (Å²) >= 11 is 1.54. The van der Waals surface area contributed by atoms with Crippen LogP contribution >= 0.6 is 11.8 Å². The average molecular weight is 343 g/mol. The maximum Gasteiger partial charge on any atom is 0.240 e. The fraction of sp³-hybridized carbons (Fsp3) is 0.625. The van der Waals surface area contributed by atoms with E-state index in [4.69, 9.17) is 0 Å². The van der Waals surface area contributed by atoms with Crippen LogP contribution in [0.1, 0.15) is 38.5 Å². The Bertz CT molecular complexity index is 553. The van der Waals surface area contributed by atoms with Gasteiger partial charge in [-0.15, -0.1) is 11.8 Å². The van der Waals surface area contributed by atoms with E-state index in [0.29, 0.717) is 24.0 Å². The van der Waals surface area contributed by atoms with Crippen LogP contribution in [0.15, 0.2) is 34.1 Å². The van der Waals surface area contributed by atoms with Crippen molar-refractivity contribution < 1.29 is 8.42 Å². The minimum Gasteiger partial charge on any atom is -0.313 e. The first-order valence-corrected chi connectivity index (χ1v) is 10.7. The lowest BCUT2D eigenvalue weighted by molar-refractivity contribution is 0.461. The Hall–Kier alpha value is -0.560. The molecule has 0 saturated heterocycles. The van der Waals surface area contributed by atoms with Gasteiger partial charge in [-0.2, -0.15) is 0 Å². The smallest absolute Gasteiger partial charge is 0.240 e. The van der Waals surface area contributed by atoms with Gasteiger partial charge in [-0.05, 0) is 37.3 Å². The lowest BCUT2D eigenvalue weighted by Crippen LogP contribution is -2.36. The molecule has 4 nitrogen and oxygen atoms in total. The number of nitrogens with one attached hydrogen (secondary N) is 2. The summed E-state index contributed by atoms with van der Waals surface area (Å²) in [7, 11) is -3.41. The Morgan fingerprint density at radius 2 is 1.86 bits per heavy atom. The Morgan fingerprint density at radius 1 is 1.14 bits per heavy atom. The van der Waals surface area contributed by atoms with Crippen LogP contribution in [0, 0.1) is 0 Å². The summed E-state index contributed by atoms with van der Waals surface area (Å²) in [5.41, 5.74) is 0. The van der Waals surface area contributed by atoms with Crippen molar-refractivity contribution in [1.82, 2.24) is 10.0 Å². The quantitative estimate of drug-likeness (QED) is 0.454. The lowest BCUT2D eigenvalue weighted by Gasteiger charge is -2.16. The summed E-state index contributed by atoms with van der Waals surface area (Å²) in [5.74, 6) is 0. The van der Waals surface area contributed by atoms with E-state index in [9.17, 15) is 8.42 Å². The Labute approximate surface area is 138 Å². The van der Waals surface area contributed by atoms with E-state index in [-0.39, 0.29) is 0 Å². The van der Waals surface area contributed by atoms with Gasteiger partial charge in [0.1, 0.15) is 0 Å². The Kier molecular flexibility index (Phi) is 7.21. The van der Waals surface area contributed by atoms with E-state index in [1.165, 1.54) is 38.5 Å². The van der Waals surface area contributed by atoms with E-state index in [0.717, 1.165) is 4.90 Å². The van der Waals surface area contributed by atoms with Gasteiger partial charge >= 0.3 is 0 Å². The normalized spacial score (nSPS) is 17.3. The minimum absolute atomic E-state index is 0.341. The van der Waals surface area contributed by atoms with Crippen molar-refractivity contribution >= 4 is 21.8 Å². The highest BCUT2D eigenvalue weighted by Crippen LogP contribution is 2.19. The van der Waals surface area contributed by atoms with E-state index in [1.54, 1.807) is 30.0 Å². The fourth-order valence-corrected chi connectivity index (χ4v) is 4.41. The maximum absolute atomic E-state index is 12.3. The number of hydrogen-bond donors (Lipinski definition) is 2. The van der Waals surface area contributed by atoms with Crippen molar-refractivity contribution in [3.05, 3.63) is 24.3 Å². The molecule has 0 bridgehead atoms. The molecule has 1 aromatic carbocycles. The molecule has 0 aliphatic heterocycles. The molecular weight excluding hydrogens is 316 g/mol. The molecule has 0 heterocycles. The second-order valence-electron chi connectivity index (χ2n) is 5.72. The Balaban J connectivity index is 1.79. The number of thioether (sulfide) groups is 1. The van der Waals surface area contributed by atoms with Gasteiger partial charge in [-0.1, -0.05) is 31.7 Å². The molecule has 0 unspecified atom stereocenters. The molecule has 1 aromatic rings. The number of hydrogen-bond acceptors (Lipinski definition) is 4. The van der Waals surface area contributed by atoms with Crippen molar-refractivity contribution in [2.45, 2.75) is 54.4 Å². The molecule has 1 saturated carbocycles. The van der Waals surface area contributed by atoms with E-state index in [2.05, 4.69) is 10.0 Å². The predicted molar refractivity (Wildman–Crippen MR) is 92.9 cm³/mol. The SMILES string of the molecule is CSc1cccc(S(=O)(=O)NCCNC2CCCCCC2)c1. The highest BCUT2D eigenvalue weighted by atomic mass is 32.2. The third-order valence-electron chi connectivity index (χ3n) is 4.06. The van der Waals surface area contributed by atoms with Gasteiger partial charge in [-0.3, -0.25) is 0 Å². The standard InChI is InChI=1S/C16H26N2O2S2/c1-21-15-9-6-10-16(13-15)22(19,20)18-12-11-17-14-7-4-2-3-5-8-14/h6,9-10,13-14,17-18H,2-5,7-8,11-12H2,1H3. The summed E-state index contributed by atoms with van der Waals surface area (Å²) in [6, 6.07) is 7.60. The highest BCUT2D eigenvalue weighted by molar-refractivity contribution is 7.98. The average Bonchev–Trinajstić information content (AvgIpc) is 2.80. The molecule has 0 spiro atoms. The summed E-state index contributed by atoms with van der Waals surface area (Å²) in [4.78, 5) is 1.30. The summed E-state index contributed by atoms with van der Waals surface area (Å²) in [6.45, 7) is 1.12. The maximum atomic E-state index is 12.3. The largest absolute Gasteiger partial charge is 0.313 e. The highest BCUT2D eigenvalue weighted by Gasteiger charge is 2.15. The second-order valence-corrected chi connectivity index (χ2v) is 8.37. The predicted octanol–water partition coefficient (Wildman–Crippen LogP) is 3.00. The van der Waals surface area contributed by atoms with E-state index in [1.807, 2.05) is 12.3 Å². The Morgan fingerprint density at radius 3 is 2.55 bits per heavy atom. The molecule has 1 aliphatic rings. The summed E-state index contributed by atoms with van der Waals surface area (Å²) in [5, 5.41) is 3.48. The molecule has 0 radical (unpaired) electrons. The molecule has 1 fully saturated rings. The van der Waals surface area contributed by atoms with Crippen molar-refractivity contribution in [1.29, 1.82) is 0 Å². The lowest BCUT2D eigenvalue weighted by atomic mass is 10.1. The summed E-state index contributed by atoms with van der Waals surface area (Å²) in [6.07, 6.45) is 9.59. The molecule has 1 aliphatic carbocycles. The zero-order valence-corrected chi connectivity index (χ0v) is 14.8. The van der Waals surface area contributed by atoms with Gasteiger partial charge in [0.05, 0.1) is 4.90 Å². The molecule has 0 amide bonds. The van der Waals surface area contributed by atoms with Crippen LogP contribution in [0.2, 0.25) is 0 Å². The van der Waals surface area contributed by atoms with Crippen LogP contribution in [0.5, 0.6) is 0 Å². The zero-order valence-electron chi connectivity index (χ0n) is 13.2. The second kappa shape index (κ2) is 8.91. The molecule has 22 heavy (non-hydrogen) atoms. The van der Waals surface area contributed by atoms with Crippen LogP contribution in [0.4, 0.5) is 0 Å². The van der Waals surface area contributed by atoms with Crippen molar-refractivity contribution in [3.8, 4) is 0 Å². The van der Waals surface area contributed by atoms with Crippen LogP contribution < -0.4 is 10.0 Å². The van der Waals surface area contributed by atoms with Crippen LogP contribution in [0.3, 0.4) is 0 Å². The van der Waals surface area contributed by atoms with Gasteiger partial charge in [-0.25, -0.2) is 13.1 Å². The van der Waals surface area contributed by atoms with Crippen molar-refractivity contribution in [2.24, 2.45) is 0 Å². The van der Waals surface area contributed by atoms with E-state index >= 15 is 0 Å². The zero-order chi connectivity index (χ0) is 15.8. The number of sulfonamides is 1. The van der Waals surface area contributed by atoms with Gasteiger partial charge in [0.25, 0.3) is 0 Å². The molecule has 0 aromatic heterocycles. The van der Waals surface area contributed by atoms with Gasteiger partial charge in [0, 0.05) is 24.0 Å². The summed E-state index contributed by atoms with van der Waals surface area (Å²) < 4.78 is 27.2. The first kappa shape index (κ1) is 17.8. The van der Waals surface area contributed by atoms with Crippen LogP contribution in [-0.4, -0.2) is 33.8 Å². The molecule has 0 atom stereocenters. The van der Waals surface area contributed by atoms with Crippen LogP contribution in [0.25, 0.3) is 0 Å². The van der Waals surface area contributed by atoms with Crippen LogP contribution in [-0.2, 0) is 10.0 Å². The first-order valence-electron chi connectivity index (χ1n) is 7.99. The third-order valence-corrected chi connectivity index (χ3v) is 6.24. The molecular formula is C16H26N2O2S2. The van der Waals surface area contributed by atoms with Gasteiger partial charge < -0.3 is 5.32 Å². The molecule has 6 heteroatoms. The monoisotopic (exact) mass is 342 g/mol. The topological polar surface area (TPSA) is 58.2 Å². The number of rotatable bonds is 7. The van der Waals surface area contributed by atoms with Crippen molar-refractivity contribution in [2.75, 3.05) is 19.3 Å². The molecule has 2 N–H and O–H groups in total. The molecule has 2 rings (SSSR count).